The highest BCUT2D eigenvalue weighted by Crippen LogP contribution is 2.66. The third-order valence-electron chi connectivity index (χ3n) is 10.3. The maximum Gasteiger partial charge on any atom is 0.141 e. The van der Waals surface area contributed by atoms with Crippen LogP contribution in [0.15, 0.2) is 5.16 Å². The Labute approximate surface area is 176 Å². The van der Waals surface area contributed by atoms with Crippen molar-refractivity contribution < 1.29 is 9.63 Å². The van der Waals surface area contributed by atoms with E-state index in [4.69, 9.17) is 9.99 Å². The summed E-state index contributed by atoms with van der Waals surface area (Å²) < 4.78 is 0. The average Bonchev–Trinajstić information content (AvgIpc) is 3.34. The maximum absolute atomic E-state index is 12.7. The Morgan fingerprint density at radius 2 is 1.90 bits per heavy atom. The number of Topliss-reactive ketones (excluding diaryl/α,β-unsaturated/α-hetero) is 1. The van der Waals surface area contributed by atoms with Crippen LogP contribution in [0.25, 0.3) is 0 Å². The minimum Gasteiger partial charge on any atom is -0.391 e. The summed E-state index contributed by atoms with van der Waals surface area (Å²) in [6, 6.07) is 0. The molecular weight excluding hydrogens is 360 g/mol. The quantitative estimate of drug-likeness (QED) is 0.681. The number of carbonyl (C=O) groups excluding carboxylic acids is 1. The molecule has 29 heavy (non-hydrogen) atoms. The zero-order chi connectivity index (χ0) is 20.2. The highest BCUT2D eigenvalue weighted by molar-refractivity contribution is 5.88. The molecule has 0 aromatic carbocycles. The second-order valence-corrected chi connectivity index (χ2v) is 11.3. The monoisotopic (exact) mass is 400 g/mol. The first-order valence-electron chi connectivity index (χ1n) is 12.4. The van der Waals surface area contributed by atoms with Crippen LogP contribution < -0.4 is 5.32 Å². The summed E-state index contributed by atoms with van der Waals surface area (Å²) in [7, 11) is 0. The lowest BCUT2D eigenvalue weighted by Gasteiger charge is -2.61. The Balaban J connectivity index is 1.36. The lowest BCUT2D eigenvalue weighted by Crippen LogP contribution is -2.56. The van der Waals surface area contributed by atoms with E-state index in [-0.39, 0.29) is 11.5 Å². The van der Waals surface area contributed by atoms with Crippen molar-refractivity contribution in [1.82, 2.24) is 5.32 Å². The first-order valence-corrected chi connectivity index (χ1v) is 12.4. The van der Waals surface area contributed by atoms with Crippen LogP contribution in [0.4, 0.5) is 0 Å². The van der Waals surface area contributed by atoms with E-state index in [9.17, 15) is 4.79 Å². The number of oxime groups is 1. The number of rotatable bonds is 3. The van der Waals surface area contributed by atoms with Gasteiger partial charge in [-0.3, -0.25) is 4.79 Å². The molecule has 1 unspecified atom stereocenters. The summed E-state index contributed by atoms with van der Waals surface area (Å²) >= 11 is 0. The molecule has 4 nitrogen and oxygen atoms in total. The molecule has 4 aliphatic carbocycles. The van der Waals surface area contributed by atoms with E-state index < -0.39 is 0 Å². The van der Waals surface area contributed by atoms with Crippen LogP contribution in [0.5, 0.6) is 0 Å². The van der Waals surface area contributed by atoms with Crippen LogP contribution in [-0.2, 0) is 9.63 Å². The summed E-state index contributed by atoms with van der Waals surface area (Å²) in [5, 5.41) is 8.12. The summed E-state index contributed by atoms with van der Waals surface area (Å²) in [6.45, 7) is 9.25. The molecule has 0 aromatic rings. The van der Waals surface area contributed by atoms with Gasteiger partial charge in [0.05, 0.1) is 5.71 Å². The zero-order valence-corrected chi connectivity index (χ0v) is 18.7. The Hall–Kier alpha value is -0.900. The second kappa shape index (κ2) is 7.35. The summed E-state index contributed by atoms with van der Waals surface area (Å²) in [5.74, 6) is 4.13. The van der Waals surface area contributed by atoms with Crippen LogP contribution in [0.1, 0.15) is 85.0 Å². The molecule has 4 heteroatoms. The lowest BCUT2D eigenvalue weighted by molar-refractivity contribution is -0.138. The fraction of sp³-hybridized carbons (Fsp3) is 0.920. The van der Waals surface area contributed by atoms with E-state index in [2.05, 4.69) is 26.1 Å². The second-order valence-electron chi connectivity index (χ2n) is 11.3. The van der Waals surface area contributed by atoms with Crippen LogP contribution in [0, 0.1) is 40.4 Å². The fourth-order valence-corrected chi connectivity index (χ4v) is 8.60. The Bertz CT molecular complexity index is 684. The van der Waals surface area contributed by atoms with E-state index in [1.807, 2.05) is 0 Å². The Morgan fingerprint density at radius 1 is 1.03 bits per heavy atom. The molecule has 5 aliphatic rings. The molecule has 8 atom stereocenters. The molecule has 0 radical (unpaired) electrons. The van der Waals surface area contributed by atoms with E-state index in [0.29, 0.717) is 23.0 Å². The molecular formula is C25H40N2O2. The molecule has 4 saturated carbocycles. The van der Waals surface area contributed by atoms with Gasteiger partial charge in [0.25, 0.3) is 0 Å². The number of carbonyl (C=O) groups is 1. The van der Waals surface area contributed by atoms with Crippen molar-refractivity contribution in [2.24, 2.45) is 45.6 Å². The van der Waals surface area contributed by atoms with E-state index in [1.165, 1.54) is 37.8 Å². The van der Waals surface area contributed by atoms with E-state index >= 15 is 0 Å². The Morgan fingerprint density at radius 3 is 2.66 bits per heavy atom. The zero-order valence-electron chi connectivity index (χ0n) is 18.7. The van der Waals surface area contributed by atoms with Gasteiger partial charge in [0.1, 0.15) is 11.9 Å². The largest absolute Gasteiger partial charge is 0.391 e. The van der Waals surface area contributed by atoms with Gasteiger partial charge in [0, 0.05) is 30.7 Å². The number of ketones is 1. The van der Waals surface area contributed by atoms with E-state index in [1.54, 1.807) is 0 Å². The van der Waals surface area contributed by atoms with Crippen molar-refractivity contribution in [2.75, 3.05) is 13.1 Å². The maximum atomic E-state index is 12.7. The van der Waals surface area contributed by atoms with Gasteiger partial charge in [-0.2, -0.15) is 0 Å². The minimum absolute atomic E-state index is 0.00103. The number of hydrogen-bond acceptors (Lipinski definition) is 4. The topological polar surface area (TPSA) is 50.7 Å². The highest BCUT2D eigenvalue weighted by atomic mass is 16.6. The number of nitrogens with zero attached hydrogens (tertiary/aromatic N) is 1. The van der Waals surface area contributed by atoms with E-state index in [0.717, 1.165) is 62.9 Å². The van der Waals surface area contributed by atoms with Crippen molar-refractivity contribution in [1.29, 1.82) is 0 Å². The standard InChI is InChI=1S/C25H40N2O2/c1-4-17-19-6-5-18-20-7-8-23(28)25(20,3)12-9-21(18)24(19,2)13-10-22(17)27-29-16-11-14-26-15-16/h16-21,26H,4-15H2,1-3H3/b27-22+/t16-,17+,18+,19?,20+,21+,24+,25+/m1/s1. The SMILES string of the molecule is CC[C@@H]1/C(=N/O[C@@H]2CCNC2)CC[C@@]2(C)C1CC[C@@H]1[C@@H]2CC[C@]2(C)C(=O)CC[C@@H]12. The molecule has 0 aromatic heterocycles. The predicted octanol–water partition coefficient (Wildman–Crippen LogP) is 4.97. The molecule has 1 aliphatic heterocycles. The molecule has 1 N–H and O–H groups in total. The lowest BCUT2D eigenvalue weighted by atomic mass is 9.43. The highest BCUT2D eigenvalue weighted by Gasteiger charge is 2.61. The first-order chi connectivity index (χ1) is 14.0. The molecule has 1 heterocycles. The van der Waals surface area contributed by atoms with Gasteiger partial charge in [-0.15, -0.1) is 0 Å². The molecule has 0 amide bonds. The van der Waals surface area contributed by atoms with Crippen molar-refractivity contribution in [3.63, 3.8) is 0 Å². The summed E-state index contributed by atoms with van der Waals surface area (Å²) in [5.41, 5.74) is 1.76. The van der Waals surface area contributed by atoms with Gasteiger partial charge in [0.2, 0.25) is 0 Å². The van der Waals surface area contributed by atoms with Gasteiger partial charge in [-0.1, -0.05) is 25.9 Å². The number of nitrogens with one attached hydrogen (secondary N) is 1. The van der Waals surface area contributed by atoms with Gasteiger partial charge in [-0.05, 0) is 87.0 Å². The van der Waals surface area contributed by atoms with Gasteiger partial charge >= 0.3 is 0 Å². The summed E-state index contributed by atoms with van der Waals surface area (Å²) in [6.07, 6.45) is 11.9. The fourth-order valence-electron chi connectivity index (χ4n) is 8.60. The first kappa shape index (κ1) is 20.0. The van der Waals surface area contributed by atoms with Crippen molar-refractivity contribution in [3.8, 4) is 0 Å². The van der Waals surface area contributed by atoms with Crippen LogP contribution in [0.3, 0.4) is 0 Å². The Kier molecular flexibility index (Phi) is 5.08. The van der Waals surface area contributed by atoms with Crippen molar-refractivity contribution in [3.05, 3.63) is 0 Å². The van der Waals surface area contributed by atoms with Crippen LogP contribution in [-0.4, -0.2) is 30.7 Å². The van der Waals surface area contributed by atoms with Crippen LogP contribution in [0.2, 0.25) is 0 Å². The van der Waals surface area contributed by atoms with Gasteiger partial charge in [-0.25, -0.2) is 0 Å². The minimum atomic E-state index is -0.00103. The predicted molar refractivity (Wildman–Crippen MR) is 116 cm³/mol. The molecule has 162 valence electrons. The summed E-state index contributed by atoms with van der Waals surface area (Å²) in [4.78, 5) is 18.6. The number of hydrogen-bond donors (Lipinski definition) is 1. The molecule has 5 fully saturated rings. The smallest absolute Gasteiger partial charge is 0.141 e. The normalized spacial score (nSPS) is 50.9. The third kappa shape index (κ3) is 3.03. The molecule has 0 spiro atoms. The molecule has 5 rings (SSSR count). The van der Waals surface area contributed by atoms with Crippen molar-refractivity contribution in [2.45, 2.75) is 91.1 Å². The third-order valence-corrected chi connectivity index (χ3v) is 10.3. The van der Waals surface area contributed by atoms with Crippen LogP contribution >= 0.6 is 0 Å². The average molecular weight is 401 g/mol. The molecule has 1 saturated heterocycles. The van der Waals surface area contributed by atoms with Gasteiger partial charge < -0.3 is 10.2 Å². The van der Waals surface area contributed by atoms with Gasteiger partial charge in [0.15, 0.2) is 0 Å². The van der Waals surface area contributed by atoms with Crippen molar-refractivity contribution >= 4 is 11.5 Å². The number of fused-ring (bicyclic) bond motifs is 5. The molecule has 0 bridgehead atoms.